The molecular weight excluding hydrogens is 601 g/mol. The van der Waals surface area contributed by atoms with Crippen LogP contribution in [0.2, 0.25) is 0 Å². The van der Waals surface area contributed by atoms with Gasteiger partial charge in [-0.2, -0.15) is 0 Å². The fraction of sp³-hybridized carbons (Fsp3) is 0.618. The smallest absolute Gasteiger partial charge is 0.407 e. The molecule has 2 saturated carbocycles. The molecule has 3 aromatic rings. The van der Waals surface area contributed by atoms with E-state index >= 15 is 0 Å². The number of anilines is 1. The van der Waals surface area contributed by atoms with E-state index in [0.717, 1.165) is 64.0 Å². The molecule has 250 valence electrons. The van der Waals surface area contributed by atoms with E-state index in [9.17, 15) is 9.18 Å². The standard InChI is InChI=1S/C34H44FN9O3/c1-20(2)29(22-12-24(13-22)40-32(45)47-33(3,4)5)44-16-34(17-44)10-11-43(15-34)30-31(42-39-19-37-30)46-26-9-8-23(35)14-25(26)28-27(21-6-7-21)36-18-38-41-28/h8-9,14,18-22,24,29H,6-7,10-13,15-17H2,1-5H3,(H,40,45)/t22?,24?,29-/m1/s1. The molecule has 12 nitrogen and oxygen atoms in total. The summed E-state index contributed by atoms with van der Waals surface area (Å²) in [7, 11) is 0. The van der Waals surface area contributed by atoms with Crippen LogP contribution in [0.1, 0.15) is 78.3 Å². The molecule has 1 amide bonds. The third kappa shape index (κ3) is 6.72. The maximum absolute atomic E-state index is 14.5. The summed E-state index contributed by atoms with van der Waals surface area (Å²) in [6.07, 6.45) is 7.58. The molecule has 4 heterocycles. The number of aromatic nitrogens is 6. The van der Waals surface area contributed by atoms with E-state index in [4.69, 9.17) is 9.47 Å². The molecule has 2 aliphatic heterocycles. The Labute approximate surface area is 274 Å². The van der Waals surface area contributed by atoms with Gasteiger partial charge >= 0.3 is 6.09 Å². The van der Waals surface area contributed by atoms with Crippen molar-refractivity contribution in [1.82, 2.24) is 40.6 Å². The molecule has 47 heavy (non-hydrogen) atoms. The summed E-state index contributed by atoms with van der Waals surface area (Å²) in [6, 6.07) is 5.00. The zero-order valence-electron chi connectivity index (χ0n) is 27.8. The van der Waals surface area contributed by atoms with Crippen LogP contribution in [0.5, 0.6) is 11.6 Å². The van der Waals surface area contributed by atoms with Gasteiger partial charge in [0.1, 0.15) is 35.5 Å². The van der Waals surface area contributed by atoms with Crippen LogP contribution in [-0.4, -0.2) is 85.2 Å². The van der Waals surface area contributed by atoms with Gasteiger partial charge in [-0.15, -0.1) is 20.4 Å². The van der Waals surface area contributed by atoms with Crippen molar-refractivity contribution in [3.05, 3.63) is 42.4 Å². The Morgan fingerprint density at radius 2 is 1.81 bits per heavy atom. The largest absolute Gasteiger partial charge is 0.444 e. The van der Waals surface area contributed by atoms with Gasteiger partial charge < -0.3 is 19.7 Å². The molecule has 1 N–H and O–H groups in total. The molecule has 2 aliphatic carbocycles. The predicted molar refractivity (Wildman–Crippen MR) is 172 cm³/mol. The summed E-state index contributed by atoms with van der Waals surface area (Å²) in [5.41, 5.74) is 1.48. The molecule has 2 aromatic heterocycles. The maximum Gasteiger partial charge on any atom is 0.407 e. The number of ether oxygens (including phenoxy) is 2. The van der Waals surface area contributed by atoms with Crippen LogP contribution in [0.25, 0.3) is 11.3 Å². The van der Waals surface area contributed by atoms with Crippen LogP contribution in [0.15, 0.2) is 30.9 Å². The lowest BCUT2D eigenvalue weighted by molar-refractivity contribution is -0.0691. The minimum absolute atomic E-state index is 0.165. The number of benzene rings is 1. The molecule has 7 rings (SSSR count). The summed E-state index contributed by atoms with van der Waals surface area (Å²) in [4.78, 5) is 26.2. The highest BCUT2D eigenvalue weighted by Crippen LogP contribution is 2.48. The Bertz CT molecular complexity index is 1620. The summed E-state index contributed by atoms with van der Waals surface area (Å²) in [5, 5.41) is 19.7. The Balaban J connectivity index is 1.01. The summed E-state index contributed by atoms with van der Waals surface area (Å²) >= 11 is 0. The van der Waals surface area contributed by atoms with Gasteiger partial charge in [0.05, 0.1) is 5.69 Å². The number of alkyl carbamates (subject to hydrolysis) is 1. The molecule has 2 saturated heterocycles. The fourth-order valence-corrected chi connectivity index (χ4v) is 7.75. The van der Waals surface area contributed by atoms with E-state index in [1.165, 1.54) is 24.8 Å². The number of nitrogens with one attached hydrogen (secondary N) is 1. The molecule has 13 heteroatoms. The molecule has 4 aliphatic rings. The van der Waals surface area contributed by atoms with E-state index in [1.807, 2.05) is 20.8 Å². The quantitative estimate of drug-likeness (QED) is 0.322. The average Bonchev–Trinajstić information content (AvgIpc) is 3.73. The number of hydrogen-bond acceptors (Lipinski definition) is 11. The topological polar surface area (TPSA) is 131 Å². The van der Waals surface area contributed by atoms with Gasteiger partial charge in [0.15, 0.2) is 5.82 Å². The van der Waals surface area contributed by atoms with Crippen LogP contribution in [0.4, 0.5) is 15.0 Å². The lowest BCUT2D eigenvalue weighted by Gasteiger charge is -2.56. The molecular formula is C34H44FN9O3. The van der Waals surface area contributed by atoms with Crippen molar-refractivity contribution in [1.29, 1.82) is 0 Å². The number of rotatable bonds is 9. The summed E-state index contributed by atoms with van der Waals surface area (Å²) in [6.45, 7) is 14.0. The van der Waals surface area contributed by atoms with Crippen LogP contribution in [-0.2, 0) is 4.74 Å². The molecule has 4 fully saturated rings. The summed E-state index contributed by atoms with van der Waals surface area (Å²) in [5.74, 6) is 2.26. The van der Waals surface area contributed by atoms with E-state index in [1.54, 1.807) is 6.07 Å². The summed E-state index contributed by atoms with van der Waals surface area (Å²) < 4.78 is 26.3. The van der Waals surface area contributed by atoms with Crippen LogP contribution in [0, 0.1) is 23.1 Å². The van der Waals surface area contributed by atoms with Crippen LogP contribution < -0.4 is 15.0 Å². The van der Waals surface area contributed by atoms with Crippen molar-refractivity contribution in [2.75, 3.05) is 31.1 Å². The van der Waals surface area contributed by atoms with Crippen molar-refractivity contribution in [2.24, 2.45) is 17.3 Å². The van der Waals surface area contributed by atoms with Crippen LogP contribution >= 0.6 is 0 Å². The minimum atomic E-state index is -0.498. The number of nitrogens with zero attached hydrogens (tertiary/aromatic N) is 8. The first-order valence-corrected chi connectivity index (χ1v) is 16.8. The fourth-order valence-electron chi connectivity index (χ4n) is 7.75. The van der Waals surface area contributed by atoms with Gasteiger partial charge in [0, 0.05) is 55.2 Å². The van der Waals surface area contributed by atoms with Crippen molar-refractivity contribution in [3.63, 3.8) is 0 Å². The predicted octanol–water partition coefficient (Wildman–Crippen LogP) is 5.37. The SMILES string of the molecule is CC(C)[C@H](C1CC(NC(=O)OC(C)(C)C)C1)N1CC2(CCN(c3ncnnc3Oc3ccc(F)cc3-c3nncnc3C3CC3)C2)C1. The molecule has 0 radical (unpaired) electrons. The lowest BCUT2D eigenvalue weighted by atomic mass is 9.68. The van der Waals surface area contributed by atoms with Crippen molar-refractivity contribution in [3.8, 4) is 22.9 Å². The highest BCUT2D eigenvalue weighted by Gasteiger charge is 2.53. The number of amides is 1. The van der Waals surface area contributed by atoms with Gasteiger partial charge in [-0.25, -0.2) is 19.2 Å². The van der Waals surface area contributed by atoms with E-state index in [2.05, 4.69) is 59.3 Å². The highest BCUT2D eigenvalue weighted by molar-refractivity contribution is 5.70. The van der Waals surface area contributed by atoms with Gasteiger partial charge in [0.2, 0.25) is 0 Å². The zero-order chi connectivity index (χ0) is 32.9. The average molecular weight is 646 g/mol. The third-order valence-electron chi connectivity index (χ3n) is 9.89. The van der Waals surface area contributed by atoms with Gasteiger partial charge in [-0.3, -0.25) is 4.90 Å². The van der Waals surface area contributed by atoms with Crippen molar-refractivity contribution < 1.29 is 18.7 Å². The first kappa shape index (κ1) is 31.6. The monoisotopic (exact) mass is 645 g/mol. The first-order chi connectivity index (χ1) is 22.5. The minimum Gasteiger partial charge on any atom is -0.444 e. The van der Waals surface area contributed by atoms with Crippen LogP contribution in [0.3, 0.4) is 0 Å². The number of carbonyl (C=O) groups is 1. The van der Waals surface area contributed by atoms with Crippen molar-refractivity contribution in [2.45, 2.75) is 90.3 Å². The second kappa shape index (κ2) is 12.2. The molecule has 0 unspecified atom stereocenters. The van der Waals surface area contributed by atoms with E-state index in [0.29, 0.717) is 46.6 Å². The Morgan fingerprint density at radius 3 is 2.53 bits per heavy atom. The number of halogens is 1. The number of likely N-dealkylation sites (tertiary alicyclic amines) is 1. The van der Waals surface area contributed by atoms with Gasteiger partial charge in [0.25, 0.3) is 5.88 Å². The third-order valence-corrected chi connectivity index (χ3v) is 9.89. The number of hydrogen-bond donors (Lipinski definition) is 1. The Hall–Kier alpha value is -4.00. The lowest BCUT2D eigenvalue weighted by Crippen LogP contribution is -2.65. The maximum atomic E-state index is 14.5. The molecule has 0 bridgehead atoms. The van der Waals surface area contributed by atoms with E-state index < -0.39 is 11.4 Å². The molecule has 1 aromatic carbocycles. The molecule has 1 atom stereocenters. The second-order valence-electron chi connectivity index (χ2n) is 15.2. The normalized spacial score (nSPS) is 22.9. The highest BCUT2D eigenvalue weighted by atomic mass is 19.1. The number of carbonyl (C=O) groups excluding carboxylic acids is 1. The Morgan fingerprint density at radius 1 is 1.06 bits per heavy atom. The zero-order valence-corrected chi connectivity index (χ0v) is 27.8. The Kier molecular flexibility index (Phi) is 8.22. The van der Waals surface area contributed by atoms with Crippen molar-refractivity contribution >= 4 is 11.9 Å². The second-order valence-corrected chi connectivity index (χ2v) is 15.2. The van der Waals surface area contributed by atoms with E-state index in [-0.39, 0.29) is 23.4 Å². The van der Waals surface area contributed by atoms with Gasteiger partial charge in [-0.05, 0) is 82.9 Å². The van der Waals surface area contributed by atoms with Gasteiger partial charge in [-0.1, -0.05) is 13.8 Å². The first-order valence-electron chi connectivity index (χ1n) is 16.8. The molecule has 1 spiro atoms.